The monoisotopic (exact) mass is 250 g/mol. The number of nitrogens with one attached hydrogen (secondary N) is 1. The smallest absolute Gasteiger partial charge is 0.317 e. The van der Waals surface area contributed by atoms with Crippen LogP contribution in [0.2, 0.25) is 5.02 Å². The van der Waals surface area contributed by atoms with Crippen molar-refractivity contribution in [3.05, 3.63) is 34.9 Å². The van der Waals surface area contributed by atoms with Gasteiger partial charge in [-0.1, -0.05) is 23.7 Å². The van der Waals surface area contributed by atoms with Crippen LogP contribution in [0, 0.1) is 11.8 Å². The van der Waals surface area contributed by atoms with Crippen molar-refractivity contribution in [2.45, 2.75) is 13.0 Å². The Morgan fingerprint density at radius 2 is 1.94 bits per heavy atom. The number of carbonyl (C=O) groups is 1. The van der Waals surface area contributed by atoms with Crippen molar-refractivity contribution in [1.82, 2.24) is 10.2 Å². The molecule has 1 saturated carbocycles. The van der Waals surface area contributed by atoms with Crippen LogP contribution in [0.4, 0.5) is 4.79 Å². The van der Waals surface area contributed by atoms with Crippen molar-refractivity contribution < 1.29 is 4.79 Å². The first-order valence-electron chi connectivity index (χ1n) is 5.99. The molecule has 1 aromatic carbocycles. The maximum atomic E-state index is 11.8. The zero-order valence-corrected chi connectivity index (χ0v) is 10.3. The lowest BCUT2D eigenvalue weighted by molar-refractivity contribution is 0.203. The summed E-state index contributed by atoms with van der Waals surface area (Å²) >= 11 is 5.80. The second kappa shape index (κ2) is 4.22. The number of hydrogen-bond acceptors (Lipinski definition) is 1. The Kier molecular flexibility index (Phi) is 2.71. The Morgan fingerprint density at radius 1 is 1.29 bits per heavy atom. The molecule has 1 aliphatic heterocycles. The van der Waals surface area contributed by atoms with Crippen LogP contribution >= 0.6 is 11.6 Å². The first kappa shape index (κ1) is 10.9. The molecule has 0 radical (unpaired) electrons. The second-order valence-corrected chi connectivity index (χ2v) is 5.38. The summed E-state index contributed by atoms with van der Waals surface area (Å²) in [7, 11) is 0. The Labute approximate surface area is 106 Å². The largest absolute Gasteiger partial charge is 0.334 e. The highest BCUT2D eigenvalue weighted by molar-refractivity contribution is 6.30. The summed E-state index contributed by atoms with van der Waals surface area (Å²) < 4.78 is 0. The lowest BCUT2D eigenvalue weighted by atomic mass is 10.2. The summed E-state index contributed by atoms with van der Waals surface area (Å²) in [4.78, 5) is 13.8. The average molecular weight is 251 g/mol. The van der Waals surface area contributed by atoms with E-state index >= 15 is 0 Å². The maximum absolute atomic E-state index is 11.8. The van der Waals surface area contributed by atoms with E-state index in [0.29, 0.717) is 6.54 Å². The van der Waals surface area contributed by atoms with Gasteiger partial charge >= 0.3 is 6.03 Å². The van der Waals surface area contributed by atoms with Gasteiger partial charge in [-0.05, 0) is 36.0 Å². The molecule has 1 aromatic rings. The molecule has 2 aliphatic rings. The molecule has 2 unspecified atom stereocenters. The Hall–Kier alpha value is -1.22. The number of nitrogens with zero attached hydrogens (tertiary/aromatic N) is 1. The van der Waals surface area contributed by atoms with Crippen molar-refractivity contribution in [2.75, 3.05) is 13.1 Å². The van der Waals surface area contributed by atoms with E-state index in [-0.39, 0.29) is 6.03 Å². The van der Waals surface area contributed by atoms with Crippen molar-refractivity contribution in [3.8, 4) is 0 Å². The molecule has 3 nitrogen and oxygen atoms in total. The Bertz CT molecular complexity index is 422. The van der Waals surface area contributed by atoms with Crippen LogP contribution in [0.5, 0.6) is 0 Å². The van der Waals surface area contributed by atoms with Crippen LogP contribution in [-0.4, -0.2) is 24.0 Å². The quantitative estimate of drug-likeness (QED) is 0.860. The molecule has 4 heteroatoms. The van der Waals surface area contributed by atoms with Gasteiger partial charge in [0.2, 0.25) is 0 Å². The minimum atomic E-state index is 0.0622. The van der Waals surface area contributed by atoms with Crippen molar-refractivity contribution in [2.24, 2.45) is 11.8 Å². The molecule has 1 saturated heterocycles. The third-order valence-electron chi connectivity index (χ3n) is 3.62. The molecule has 90 valence electrons. The summed E-state index contributed by atoms with van der Waals surface area (Å²) in [6, 6.07) is 7.61. The minimum absolute atomic E-state index is 0.0622. The Morgan fingerprint density at radius 3 is 2.59 bits per heavy atom. The number of benzene rings is 1. The van der Waals surface area contributed by atoms with E-state index in [2.05, 4.69) is 5.32 Å². The zero-order chi connectivity index (χ0) is 11.8. The highest BCUT2D eigenvalue weighted by Crippen LogP contribution is 2.44. The highest BCUT2D eigenvalue weighted by atomic mass is 35.5. The summed E-state index contributed by atoms with van der Waals surface area (Å²) in [5.41, 5.74) is 1.08. The van der Waals surface area contributed by atoms with Crippen LogP contribution in [0.3, 0.4) is 0 Å². The normalized spacial score (nSPS) is 25.6. The predicted octanol–water partition coefficient (Wildman–Crippen LogP) is 2.50. The summed E-state index contributed by atoms with van der Waals surface area (Å²) in [5, 5.41) is 3.67. The lowest BCUT2D eigenvalue weighted by Gasteiger charge is -2.18. The number of likely N-dealkylation sites (tertiary alicyclic amines) is 1. The molecule has 0 aromatic heterocycles. The molecule has 17 heavy (non-hydrogen) atoms. The van der Waals surface area contributed by atoms with Gasteiger partial charge in [-0.3, -0.25) is 0 Å². The van der Waals surface area contributed by atoms with Gasteiger partial charge in [-0.25, -0.2) is 4.79 Å². The van der Waals surface area contributed by atoms with E-state index < -0.39 is 0 Å². The molecule has 0 spiro atoms. The molecule has 2 amide bonds. The molecule has 2 atom stereocenters. The number of carbonyl (C=O) groups excluding carboxylic acids is 1. The topological polar surface area (TPSA) is 32.3 Å². The van der Waals surface area contributed by atoms with E-state index in [4.69, 9.17) is 11.6 Å². The van der Waals surface area contributed by atoms with Crippen molar-refractivity contribution >= 4 is 17.6 Å². The van der Waals surface area contributed by atoms with Gasteiger partial charge in [-0.15, -0.1) is 0 Å². The van der Waals surface area contributed by atoms with Crippen LogP contribution in [0.1, 0.15) is 12.0 Å². The number of urea groups is 1. The first-order chi connectivity index (χ1) is 8.22. The molecule has 2 fully saturated rings. The molecule has 3 rings (SSSR count). The number of piperidine rings is 1. The third kappa shape index (κ3) is 2.39. The van der Waals surface area contributed by atoms with E-state index in [1.54, 1.807) is 0 Å². The number of halogens is 1. The molecule has 1 heterocycles. The van der Waals surface area contributed by atoms with Gasteiger partial charge in [0.05, 0.1) is 0 Å². The molecule has 0 bridgehead atoms. The van der Waals surface area contributed by atoms with E-state index in [9.17, 15) is 4.79 Å². The number of amides is 2. The summed E-state index contributed by atoms with van der Waals surface area (Å²) in [6.45, 7) is 2.45. The molecular weight excluding hydrogens is 236 g/mol. The van der Waals surface area contributed by atoms with Crippen LogP contribution in [-0.2, 0) is 6.54 Å². The highest BCUT2D eigenvalue weighted by Gasteiger charge is 2.46. The van der Waals surface area contributed by atoms with Crippen molar-refractivity contribution in [1.29, 1.82) is 0 Å². The van der Waals surface area contributed by atoms with E-state index in [1.165, 1.54) is 6.42 Å². The van der Waals surface area contributed by atoms with Gasteiger partial charge in [0.25, 0.3) is 0 Å². The molecular formula is C13H15ClN2O. The predicted molar refractivity (Wildman–Crippen MR) is 66.9 cm³/mol. The number of fused-ring (bicyclic) bond motifs is 1. The van der Waals surface area contributed by atoms with Crippen molar-refractivity contribution in [3.63, 3.8) is 0 Å². The first-order valence-corrected chi connectivity index (χ1v) is 6.37. The van der Waals surface area contributed by atoms with Gasteiger partial charge in [0.15, 0.2) is 0 Å². The number of hydrogen-bond donors (Lipinski definition) is 1. The van der Waals surface area contributed by atoms with Crippen LogP contribution < -0.4 is 5.32 Å². The fourth-order valence-electron chi connectivity index (χ4n) is 2.46. The fourth-order valence-corrected chi connectivity index (χ4v) is 2.58. The standard InChI is InChI=1S/C13H15ClN2O/c14-12-3-1-9(2-4-12)6-15-13(17)16-7-10-5-11(10)8-16/h1-4,10-11H,5-8H2,(H,15,17). The fraction of sp³-hybridized carbons (Fsp3) is 0.462. The average Bonchev–Trinajstić information content (AvgIpc) is 2.95. The molecule has 1 N–H and O–H groups in total. The minimum Gasteiger partial charge on any atom is -0.334 e. The van der Waals surface area contributed by atoms with Crippen LogP contribution in [0.15, 0.2) is 24.3 Å². The SMILES string of the molecule is O=C(NCc1ccc(Cl)cc1)N1CC2CC2C1. The summed E-state index contributed by atoms with van der Waals surface area (Å²) in [5.74, 6) is 1.58. The van der Waals surface area contributed by atoms with Gasteiger partial charge < -0.3 is 10.2 Å². The van der Waals surface area contributed by atoms with E-state index in [1.807, 2.05) is 29.2 Å². The molecule has 1 aliphatic carbocycles. The maximum Gasteiger partial charge on any atom is 0.317 e. The Balaban J connectivity index is 1.50. The second-order valence-electron chi connectivity index (χ2n) is 4.95. The van der Waals surface area contributed by atoms with Crippen LogP contribution in [0.25, 0.3) is 0 Å². The van der Waals surface area contributed by atoms with E-state index in [0.717, 1.165) is 35.5 Å². The zero-order valence-electron chi connectivity index (χ0n) is 9.53. The van der Waals surface area contributed by atoms with Gasteiger partial charge in [0.1, 0.15) is 0 Å². The summed E-state index contributed by atoms with van der Waals surface area (Å²) in [6.07, 6.45) is 1.32. The van der Waals surface area contributed by atoms with Gasteiger partial charge in [0, 0.05) is 24.7 Å². The lowest BCUT2D eigenvalue weighted by Crippen LogP contribution is -2.39. The third-order valence-corrected chi connectivity index (χ3v) is 3.88. The number of rotatable bonds is 2. The van der Waals surface area contributed by atoms with Gasteiger partial charge in [-0.2, -0.15) is 0 Å².